The largest absolute Gasteiger partial charge is 0.411 e. The first kappa shape index (κ1) is 10.8. The highest BCUT2D eigenvalue weighted by Gasteiger charge is 2.63. The summed E-state index contributed by atoms with van der Waals surface area (Å²) in [6.45, 7) is 0. The van der Waals surface area contributed by atoms with Crippen molar-refractivity contribution >= 4 is 27.4 Å². The van der Waals surface area contributed by atoms with Crippen LogP contribution in [0.3, 0.4) is 0 Å². The number of alkyl halides is 3. The molecular formula is C11H9F3N2S. The van der Waals surface area contributed by atoms with Gasteiger partial charge in [-0.3, -0.25) is 0 Å². The van der Waals surface area contributed by atoms with Gasteiger partial charge in [0.2, 0.25) is 0 Å². The van der Waals surface area contributed by atoms with Crippen LogP contribution in [0.25, 0.3) is 10.9 Å². The molecule has 1 aromatic heterocycles. The summed E-state index contributed by atoms with van der Waals surface area (Å²) in [6, 6.07) is 7.20. The number of rotatable bonds is 2. The zero-order chi connectivity index (χ0) is 12.1. The Kier molecular flexibility index (Phi) is 2.13. The summed E-state index contributed by atoms with van der Waals surface area (Å²) in [5.41, 5.74) is -0.986. The van der Waals surface area contributed by atoms with Gasteiger partial charge in [0, 0.05) is 5.39 Å². The van der Waals surface area contributed by atoms with E-state index < -0.39 is 11.7 Å². The van der Waals surface area contributed by atoms with Crippen molar-refractivity contribution < 1.29 is 13.2 Å². The molecule has 1 N–H and O–H groups in total. The third-order valence-corrected chi connectivity index (χ3v) is 3.82. The van der Waals surface area contributed by atoms with E-state index in [0.717, 1.165) is 22.4 Å². The maximum Gasteiger partial charge on any atom is 0.411 e. The molecule has 3 rings (SSSR count). The number of benzene rings is 1. The molecule has 1 aliphatic rings. The molecule has 6 heteroatoms. The van der Waals surface area contributed by atoms with Gasteiger partial charge < -0.3 is 5.32 Å². The third-order valence-electron chi connectivity index (χ3n) is 3.03. The number of aromatic nitrogens is 1. The van der Waals surface area contributed by atoms with Crippen LogP contribution in [0, 0.1) is 0 Å². The fourth-order valence-corrected chi connectivity index (χ4v) is 2.66. The van der Waals surface area contributed by atoms with Gasteiger partial charge in [-0.25, -0.2) is 0 Å². The minimum Gasteiger partial charge on any atom is -0.361 e. The van der Waals surface area contributed by atoms with Crippen LogP contribution in [0.2, 0.25) is 0 Å². The molecule has 0 bridgehead atoms. The molecule has 1 aromatic carbocycles. The molecular weight excluding hydrogens is 249 g/mol. The number of hydrogen-bond acceptors (Lipinski definition) is 3. The molecule has 2 nitrogen and oxygen atoms in total. The van der Waals surface area contributed by atoms with E-state index in [9.17, 15) is 13.2 Å². The molecule has 1 fully saturated rings. The van der Waals surface area contributed by atoms with Gasteiger partial charge in [0.25, 0.3) is 0 Å². The van der Waals surface area contributed by atoms with Crippen LogP contribution in [0.4, 0.5) is 18.2 Å². The van der Waals surface area contributed by atoms with Gasteiger partial charge in [0.1, 0.15) is 10.5 Å². The van der Waals surface area contributed by atoms with E-state index in [1.165, 1.54) is 0 Å². The molecule has 0 aliphatic heterocycles. The minimum absolute atomic E-state index is 0.142. The van der Waals surface area contributed by atoms with E-state index in [1.54, 1.807) is 18.2 Å². The van der Waals surface area contributed by atoms with Crippen molar-refractivity contribution in [3.8, 4) is 0 Å². The molecule has 0 saturated heterocycles. The molecule has 1 heterocycles. The Morgan fingerprint density at radius 3 is 2.59 bits per heavy atom. The maximum absolute atomic E-state index is 12.8. The molecule has 0 atom stereocenters. The number of anilines is 1. The number of fused-ring (bicyclic) bond motifs is 1. The lowest BCUT2D eigenvalue weighted by Gasteiger charge is -2.20. The predicted molar refractivity (Wildman–Crippen MR) is 61.3 cm³/mol. The number of hydrogen-bond donors (Lipinski definition) is 1. The average Bonchev–Trinajstić information content (AvgIpc) is 2.95. The molecule has 0 spiro atoms. The van der Waals surface area contributed by atoms with E-state index in [4.69, 9.17) is 0 Å². The lowest BCUT2D eigenvalue weighted by atomic mass is 10.2. The Bertz CT molecular complexity index is 557. The van der Waals surface area contributed by atoms with Crippen LogP contribution < -0.4 is 5.32 Å². The minimum atomic E-state index is -4.20. The second kappa shape index (κ2) is 3.35. The standard InChI is InChI=1S/C11H9F3N2S/c12-11(13,14)10(5-6-10)15-9-7-3-1-2-4-8(7)16-17-9/h1-4,15H,5-6H2. The zero-order valence-corrected chi connectivity index (χ0v) is 9.53. The SMILES string of the molecule is FC(F)(F)C1(Nc2snc3ccccc23)CC1. The molecule has 0 radical (unpaired) electrons. The molecule has 0 amide bonds. The Morgan fingerprint density at radius 1 is 1.24 bits per heavy atom. The van der Waals surface area contributed by atoms with Gasteiger partial charge in [0.05, 0.1) is 5.52 Å². The van der Waals surface area contributed by atoms with Crippen LogP contribution in [-0.4, -0.2) is 16.1 Å². The van der Waals surface area contributed by atoms with Crippen LogP contribution in [-0.2, 0) is 0 Å². The molecule has 17 heavy (non-hydrogen) atoms. The van der Waals surface area contributed by atoms with Crippen molar-refractivity contribution in [1.82, 2.24) is 4.37 Å². The average molecular weight is 258 g/mol. The monoisotopic (exact) mass is 258 g/mol. The lowest BCUT2D eigenvalue weighted by Crippen LogP contribution is -2.38. The molecule has 1 aliphatic carbocycles. The van der Waals surface area contributed by atoms with Gasteiger partial charge in [-0.05, 0) is 36.5 Å². The summed E-state index contributed by atoms with van der Waals surface area (Å²) in [6.07, 6.45) is -3.91. The van der Waals surface area contributed by atoms with E-state index in [1.807, 2.05) is 6.07 Å². The summed E-state index contributed by atoms with van der Waals surface area (Å²) in [7, 11) is 0. The predicted octanol–water partition coefficient (Wildman–Crippen LogP) is 3.80. The Hall–Kier alpha value is -1.30. The van der Waals surface area contributed by atoms with Crippen molar-refractivity contribution in [2.24, 2.45) is 0 Å². The fourth-order valence-electron chi connectivity index (χ4n) is 1.80. The van der Waals surface area contributed by atoms with Crippen LogP contribution in [0.15, 0.2) is 24.3 Å². The van der Waals surface area contributed by atoms with Crippen molar-refractivity contribution in [2.45, 2.75) is 24.6 Å². The summed E-state index contributed by atoms with van der Waals surface area (Å²) < 4.78 is 42.6. The topological polar surface area (TPSA) is 24.9 Å². The van der Waals surface area contributed by atoms with E-state index >= 15 is 0 Å². The van der Waals surface area contributed by atoms with Crippen LogP contribution in [0.5, 0.6) is 0 Å². The van der Waals surface area contributed by atoms with Crippen molar-refractivity contribution in [3.63, 3.8) is 0 Å². The first-order valence-corrected chi connectivity index (χ1v) is 5.99. The maximum atomic E-state index is 12.8. The van der Waals surface area contributed by atoms with Gasteiger partial charge in [-0.2, -0.15) is 17.5 Å². The Balaban J connectivity index is 1.96. The van der Waals surface area contributed by atoms with E-state index in [-0.39, 0.29) is 12.8 Å². The number of halogens is 3. The number of nitrogens with zero attached hydrogens (tertiary/aromatic N) is 1. The third kappa shape index (κ3) is 1.67. The van der Waals surface area contributed by atoms with Gasteiger partial charge in [-0.1, -0.05) is 12.1 Å². The highest BCUT2D eigenvalue weighted by Crippen LogP contribution is 2.52. The molecule has 1 saturated carbocycles. The Morgan fingerprint density at radius 2 is 1.94 bits per heavy atom. The van der Waals surface area contributed by atoms with Crippen molar-refractivity contribution in [2.75, 3.05) is 5.32 Å². The van der Waals surface area contributed by atoms with Crippen LogP contribution >= 0.6 is 11.5 Å². The fraction of sp³-hybridized carbons (Fsp3) is 0.364. The summed E-state index contributed by atoms with van der Waals surface area (Å²) in [4.78, 5) is 0. The summed E-state index contributed by atoms with van der Waals surface area (Å²) in [5, 5.41) is 3.89. The zero-order valence-electron chi connectivity index (χ0n) is 8.71. The van der Waals surface area contributed by atoms with Crippen LogP contribution in [0.1, 0.15) is 12.8 Å². The second-order valence-electron chi connectivity index (χ2n) is 4.23. The van der Waals surface area contributed by atoms with Crippen molar-refractivity contribution in [1.29, 1.82) is 0 Å². The Labute approximate surface area is 99.6 Å². The highest BCUT2D eigenvalue weighted by atomic mass is 32.1. The summed E-state index contributed by atoms with van der Waals surface area (Å²) in [5.74, 6) is 0. The second-order valence-corrected chi connectivity index (χ2v) is 5.01. The van der Waals surface area contributed by atoms with E-state index in [0.29, 0.717) is 5.00 Å². The molecule has 0 unspecified atom stereocenters. The highest BCUT2D eigenvalue weighted by molar-refractivity contribution is 7.11. The first-order chi connectivity index (χ1) is 8.02. The quantitative estimate of drug-likeness (QED) is 0.886. The summed E-state index contributed by atoms with van der Waals surface area (Å²) >= 11 is 1.08. The molecule has 90 valence electrons. The first-order valence-electron chi connectivity index (χ1n) is 5.21. The smallest absolute Gasteiger partial charge is 0.361 e. The van der Waals surface area contributed by atoms with E-state index in [2.05, 4.69) is 9.69 Å². The van der Waals surface area contributed by atoms with Gasteiger partial charge in [0.15, 0.2) is 0 Å². The van der Waals surface area contributed by atoms with Gasteiger partial charge in [-0.15, -0.1) is 0 Å². The van der Waals surface area contributed by atoms with Gasteiger partial charge >= 0.3 is 6.18 Å². The molecule has 2 aromatic rings. The normalized spacial score (nSPS) is 18.3. The lowest BCUT2D eigenvalue weighted by molar-refractivity contribution is -0.150. The van der Waals surface area contributed by atoms with Crippen molar-refractivity contribution in [3.05, 3.63) is 24.3 Å². The number of nitrogens with one attached hydrogen (secondary N) is 1.